The predicted molar refractivity (Wildman–Crippen MR) is 94.6 cm³/mol. The van der Waals surface area contributed by atoms with Crippen LogP contribution in [-0.2, 0) is 15.8 Å². The molecule has 0 fully saturated rings. The van der Waals surface area contributed by atoms with Crippen LogP contribution in [0.4, 0.5) is 23.2 Å². The highest BCUT2D eigenvalue weighted by Gasteiger charge is 2.34. The van der Waals surface area contributed by atoms with Gasteiger partial charge in [-0.05, 0) is 49.2 Å². The third kappa shape index (κ3) is 5.51. The summed E-state index contributed by atoms with van der Waals surface area (Å²) in [6, 6.07) is 9.11. The van der Waals surface area contributed by atoms with Crippen molar-refractivity contribution in [3.63, 3.8) is 0 Å². The molecule has 0 aliphatic carbocycles. The summed E-state index contributed by atoms with van der Waals surface area (Å²) in [4.78, 5) is 23.2. The fourth-order valence-electron chi connectivity index (χ4n) is 2.33. The second-order valence-corrected chi connectivity index (χ2v) is 6.01. The third-order valence-electron chi connectivity index (χ3n) is 3.88. The molecule has 0 radical (unpaired) electrons. The molecule has 7 heteroatoms. The van der Waals surface area contributed by atoms with E-state index in [9.17, 15) is 27.2 Å². The van der Waals surface area contributed by atoms with E-state index in [0.717, 1.165) is 11.6 Å². The van der Waals surface area contributed by atoms with E-state index in [1.54, 1.807) is 37.3 Å². The fourth-order valence-corrected chi connectivity index (χ4v) is 2.33. The Bertz CT molecular complexity index is 871. The van der Waals surface area contributed by atoms with Crippen molar-refractivity contribution in [1.29, 1.82) is 0 Å². The maximum absolute atomic E-state index is 13.6. The zero-order chi connectivity index (χ0) is 20.2. The average molecular weight is 379 g/mol. The molecule has 2 rings (SSSR count). The molecule has 0 aliphatic heterocycles. The van der Waals surface area contributed by atoms with Gasteiger partial charge in [0, 0.05) is 5.69 Å². The lowest BCUT2D eigenvalue weighted by Crippen LogP contribution is -2.19. The molecular formula is C20H17F4NO2. The van der Waals surface area contributed by atoms with Crippen LogP contribution in [0.3, 0.4) is 0 Å². The van der Waals surface area contributed by atoms with Gasteiger partial charge in [0.05, 0.1) is 11.5 Å². The van der Waals surface area contributed by atoms with Crippen molar-refractivity contribution in [2.45, 2.75) is 25.9 Å². The zero-order valence-electron chi connectivity index (χ0n) is 14.6. The molecular weight excluding hydrogens is 362 g/mol. The third-order valence-corrected chi connectivity index (χ3v) is 3.88. The summed E-state index contributed by atoms with van der Waals surface area (Å²) in [5.41, 5.74) is 0.00680. The summed E-state index contributed by atoms with van der Waals surface area (Å²) in [6.45, 7) is 3.05. The molecule has 1 amide bonds. The number of anilines is 1. The van der Waals surface area contributed by atoms with Crippen LogP contribution in [-0.4, -0.2) is 11.7 Å². The summed E-state index contributed by atoms with van der Waals surface area (Å²) in [6.07, 6.45) is -1.73. The van der Waals surface area contributed by atoms with Crippen LogP contribution in [0.5, 0.6) is 0 Å². The topological polar surface area (TPSA) is 46.2 Å². The number of halogens is 4. The van der Waals surface area contributed by atoms with E-state index >= 15 is 0 Å². The maximum Gasteiger partial charge on any atom is 0.419 e. The molecule has 0 saturated carbocycles. The highest BCUT2D eigenvalue weighted by molar-refractivity contribution is 5.95. The van der Waals surface area contributed by atoms with Gasteiger partial charge in [-0.2, -0.15) is 13.2 Å². The molecule has 0 saturated heterocycles. The Labute approximate surface area is 153 Å². The Kier molecular flexibility index (Phi) is 6.15. The molecule has 142 valence electrons. The number of carbonyl (C=O) groups is 2. The van der Waals surface area contributed by atoms with Crippen LogP contribution >= 0.6 is 0 Å². The van der Waals surface area contributed by atoms with Crippen molar-refractivity contribution < 1.29 is 27.2 Å². The second-order valence-electron chi connectivity index (χ2n) is 6.01. The van der Waals surface area contributed by atoms with Crippen LogP contribution in [0.2, 0.25) is 0 Å². The van der Waals surface area contributed by atoms with Gasteiger partial charge in [0.15, 0.2) is 5.78 Å². The van der Waals surface area contributed by atoms with Gasteiger partial charge in [-0.1, -0.05) is 30.3 Å². The molecule has 2 aromatic rings. The monoisotopic (exact) mass is 379 g/mol. The van der Waals surface area contributed by atoms with Gasteiger partial charge in [-0.25, -0.2) is 4.39 Å². The largest absolute Gasteiger partial charge is 0.419 e. The van der Waals surface area contributed by atoms with Gasteiger partial charge in [-0.3, -0.25) is 9.59 Å². The molecule has 0 spiro atoms. The molecule has 0 bridgehead atoms. The first kappa shape index (κ1) is 20.4. The smallest absolute Gasteiger partial charge is 0.325 e. The molecule has 0 heterocycles. The Hall–Kier alpha value is -2.96. The number of alkyl halides is 3. The van der Waals surface area contributed by atoms with Crippen LogP contribution in [0.25, 0.3) is 6.08 Å². The number of hydrogen-bond donors (Lipinski definition) is 1. The lowest BCUT2D eigenvalue weighted by atomic mass is 9.98. The molecule has 0 aliphatic rings. The first-order valence-corrected chi connectivity index (χ1v) is 8.04. The zero-order valence-corrected chi connectivity index (χ0v) is 14.6. The SMILES string of the molecule is CC(=O)/C=C/c1ccc(C(C)C(=O)Nc2ccc(C(F)(F)F)c(F)c2)cc1. The van der Waals surface area contributed by atoms with Crippen molar-refractivity contribution in [2.75, 3.05) is 5.32 Å². The van der Waals surface area contributed by atoms with Gasteiger partial charge >= 0.3 is 6.18 Å². The van der Waals surface area contributed by atoms with E-state index in [1.807, 2.05) is 0 Å². The van der Waals surface area contributed by atoms with E-state index in [2.05, 4.69) is 5.32 Å². The summed E-state index contributed by atoms with van der Waals surface area (Å²) in [5, 5.41) is 2.41. The predicted octanol–water partition coefficient (Wildman–Crippen LogP) is 5.19. The highest BCUT2D eigenvalue weighted by Crippen LogP contribution is 2.32. The number of hydrogen-bond acceptors (Lipinski definition) is 2. The lowest BCUT2D eigenvalue weighted by molar-refractivity contribution is -0.140. The van der Waals surface area contributed by atoms with Gasteiger partial charge in [0.1, 0.15) is 5.82 Å². The van der Waals surface area contributed by atoms with Crippen molar-refractivity contribution >= 4 is 23.5 Å². The minimum absolute atomic E-state index is 0.0571. The molecule has 27 heavy (non-hydrogen) atoms. The van der Waals surface area contributed by atoms with E-state index in [1.165, 1.54) is 13.0 Å². The summed E-state index contributed by atoms with van der Waals surface area (Å²) in [7, 11) is 0. The minimum atomic E-state index is -4.79. The molecule has 2 aromatic carbocycles. The van der Waals surface area contributed by atoms with Crippen molar-refractivity contribution in [3.05, 3.63) is 71.0 Å². The van der Waals surface area contributed by atoms with Crippen LogP contribution in [0.1, 0.15) is 36.5 Å². The Morgan fingerprint density at radius 2 is 1.70 bits per heavy atom. The average Bonchev–Trinajstić information content (AvgIpc) is 2.58. The van der Waals surface area contributed by atoms with Crippen LogP contribution in [0.15, 0.2) is 48.5 Å². The minimum Gasteiger partial charge on any atom is -0.325 e. The van der Waals surface area contributed by atoms with Crippen LogP contribution < -0.4 is 5.32 Å². The molecule has 1 N–H and O–H groups in total. The molecule has 1 atom stereocenters. The molecule has 3 nitrogen and oxygen atoms in total. The Balaban J connectivity index is 2.09. The first-order chi connectivity index (χ1) is 12.6. The summed E-state index contributed by atoms with van der Waals surface area (Å²) in [5.74, 6) is -2.63. The number of nitrogens with one attached hydrogen (secondary N) is 1. The second kappa shape index (κ2) is 8.16. The molecule has 1 unspecified atom stereocenters. The normalized spacial score (nSPS) is 12.8. The van der Waals surface area contributed by atoms with Crippen molar-refractivity contribution in [3.8, 4) is 0 Å². The number of rotatable bonds is 5. The van der Waals surface area contributed by atoms with E-state index in [-0.39, 0.29) is 11.5 Å². The molecule has 0 aromatic heterocycles. The summed E-state index contributed by atoms with van der Waals surface area (Å²) < 4.78 is 51.3. The number of carbonyl (C=O) groups excluding carboxylic acids is 2. The van der Waals surface area contributed by atoms with Crippen molar-refractivity contribution in [2.24, 2.45) is 0 Å². The quantitative estimate of drug-likeness (QED) is 0.574. The lowest BCUT2D eigenvalue weighted by Gasteiger charge is -2.14. The fraction of sp³-hybridized carbons (Fsp3) is 0.200. The Morgan fingerprint density at radius 1 is 1.07 bits per heavy atom. The first-order valence-electron chi connectivity index (χ1n) is 8.04. The Morgan fingerprint density at radius 3 is 2.22 bits per heavy atom. The van der Waals surface area contributed by atoms with Gasteiger partial charge in [0.25, 0.3) is 0 Å². The van der Waals surface area contributed by atoms with E-state index < -0.39 is 29.4 Å². The number of amides is 1. The number of allylic oxidation sites excluding steroid dienone is 1. The van der Waals surface area contributed by atoms with Gasteiger partial charge in [-0.15, -0.1) is 0 Å². The maximum atomic E-state index is 13.6. The number of ketones is 1. The standard InChI is InChI=1S/C20H17F4NO2/c1-12(26)3-4-14-5-7-15(8-6-14)13(2)19(27)25-16-9-10-17(18(21)11-16)20(22,23)24/h3-11,13H,1-2H3,(H,25,27)/b4-3+. The van der Waals surface area contributed by atoms with Crippen LogP contribution in [0, 0.1) is 5.82 Å². The van der Waals surface area contributed by atoms with E-state index in [0.29, 0.717) is 17.7 Å². The van der Waals surface area contributed by atoms with Gasteiger partial charge < -0.3 is 5.32 Å². The summed E-state index contributed by atoms with van der Waals surface area (Å²) >= 11 is 0. The highest BCUT2D eigenvalue weighted by atomic mass is 19.4. The number of benzene rings is 2. The van der Waals surface area contributed by atoms with Gasteiger partial charge in [0.2, 0.25) is 5.91 Å². The van der Waals surface area contributed by atoms with Crippen molar-refractivity contribution in [1.82, 2.24) is 0 Å². The van der Waals surface area contributed by atoms with E-state index in [4.69, 9.17) is 0 Å².